The Bertz CT molecular complexity index is 790. The highest BCUT2D eigenvalue weighted by Gasteiger charge is 2.30. The summed E-state index contributed by atoms with van der Waals surface area (Å²) in [6.45, 7) is 0. The van der Waals surface area contributed by atoms with E-state index in [9.17, 15) is 4.79 Å². The van der Waals surface area contributed by atoms with Crippen molar-refractivity contribution < 1.29 is 9.21 Å². The number of pyridine rings is 2. The quantitative estimate of drug-likeness (QED) is 0.797. The molecule has 0 radical (unpaired) electrons. The molecule has 0 aliphatic heterocycles. The summed E-state index contributed by atoms with van der Waals surface area (Å²) in [6.07, 6.45) is 5.18. The molecule has 1 saturated carbocycles. The fourth-order valence-electron chi connectivity index (χ4n) is 2.13. The van der Waals surface area contributed by atoms with Crippen molar-refractivity contribution in [2.75, 3.05) is 5.32 Å². The minimum Gasteiger partial charge on any atom is -0.434 e. The number of hydrogen-bond donors (Lipinski definition) is 1. The summed E-state index contributed by atoms with van der Waals surface area (Å²) in [6, 6.07) is 7.19. The zero-order valence-corrected chi connectivity index (χ0v) is 11.1. The molecule has 3 aromatic heterocycles. The van der Waals surface area contributed by atoms with Gasteiger partial charge in [-0.25, -0.2) is 9.97 Å². The molecule has 0 bridgehead atoms. The molecule has 3 aromatic rings. The lowest BCUT2D eigenvalue weighted by molar-refractivity contribution is -0.117. The second kappa shape index (κ2) is 4.66. The second-order valence-corrected chi connectivity index (χ2v) is 5.01. The number of amides is 1. The van der Waals surface area contributed by atoms with E-state index in [2.05, 4.69) is 20.3 Å². The molecule has 1 fully saturated rings. The molecule has 0 spiro atoms. The number of fused-ring (bicyclic) bond motifs is 1. The van der Waals surface area contributed by atoms with Crippen LogP contribution in [0.5, 0.6) is 0 Å². The fourth-order valence-corrected chi connectivity index (χ4v) is 2.13. The van der Waals surface area contributed by atoms with Crippen molar-refractivity contribution in [2.45, 2.75) is 12.8 Å². The lowest BCUT2D eigenvalue weighted by atomic mass is 10.2. The number of nitrogens with one attached hydrogen (secondary N) is 1. The average molecular weight is 280 g/mol. The Hall–Kier alpha value is -2.76. The molecule has 6 heteroatoms. The normalized spacial score (nSPS) is 14.3. The van der Waals surface area contributed by atoms with E-state index >= 15 is 0 Å². The maximum atomic E-state index is 11.9. The molecule has 104 valence electrons. The van der Waals surface area contributed by atoms with Crippen LogP contribution in [0, 0.1) is 5.92 Å². The minimum atomic E-state index is 0.00388. The van der Waals surface area contributed by atoms with E-state index in [1.807, 2.05) is 6.07 Å². The van der Waals surface area contributed by atoms with E-state index in [-0.39, 0.29) is 11.8 Å². The monoisotopic (exact) mass is 280 g/mol. The smallest absolute Gasteiger partial charge is 0.232 e. The summed E-state index contributed by atoms with van der Waals surface area (Å²) in [4.78, 5) is 24.6. The maximum Gasteiger partial charge on any atom is 0.232 e. The van der Waals surface area contributed by atoms with Crippen LogP contribution in [0.4, 0.5) is 5.82 Å². The van der Waals surface area contributed by atoms with Gasteiger partial charge in [-0.3, -0.25) is 4.79 Å². The van der Waals surface area contributed by atoms with Crippen molar-refractivity contribution >= 4 is 23.0 Å². The first kappa shape index (κ1) is 12.0. The van der Waals surface area contributed by atoms with Crippen LogP contribution in [0.3, 0.4) is 0 Å². The van der Waals surface area contributed by atoms with E-state index in [4.69, 9.17) is 4.42 Å². The third kappa shape index (κ3) is 2.24. The van der Waals surface area contributed by atoms with Crippen molar-refractivity contribution in [1.29, 1.82) is 0 Å². The Morgan fingerprint density at radius 1 is 1.19 bits per heavy atom. The van der Waals surface area contributed by atoms with Crippen molar-refractivity contribution in [3.05, 3.63) is 36.7 Å². The van der Waals surface area contributed by atoms with Crippen LogP contribution in [0.2, 0.25) is 0 Å². The van der Waals surface area contributed by atoms with Gasteiger partial charge < -0.3 is 9.73 Å². The summed E-state index contributed by atoms with van der Waals surface area (Å²) in [5.74, 6) is 0.998. The summed E-state index contributed by atoms with van der Waals surface area (Å²) >= 11 is 0. The molecule has 1 N–H and O–H groups in total. The first-order valence-electron chi connectivity index (χ1n) is 6.79. The van der Waals surface area contributed by atoms with Gasteiger partial charge in [0.2, 0.25) is 11.8 Å². The zero-order valence-electron chi connectivity index (χ0n) is 11.1. The number of aromatic nitrogens is 3. The number of oxazole rings is 1. The molecule has 1 aliphatic rings. The predicted octanol–water partition coefficient (Wildman–Crippen LogP) is 2.63. The Labute approximate surface area is 120 Å². The van der Waals surface area contributed by atoms with E-state index in [1.54, 1.807) is 30.6 Å². The molecule has 1 aliphatic carbocycles. The van der Waals surface area contributed by atoms with Crippen LogP contribution >= 0.6 is 0 Å². The second-order valence-electron chi connectivity index (χ2n) is 5.01. The van der Waals surface area contributed by atoms with Gasteiger partial charge in [0.05, 0.1) is 5.56 Å². The highest BCUT2D eigenvalue weighted by atomic mass is 16.3. The van der Waals surface area contributed by atoms with Crippen LogP contribution in [-0.4, -0.2) is 20.9 Å². The number of carbonyl (C=O) groups is 1. The van der Waals surface area contributed by atoms with E-state index in [0.717, 1.165) is 12.8 Å². The SMILES string of the molecule is O=C(Nc1ncccc1-c1nc2ncccc2o1)C1CC1. The predicted molar refractivity (Wildman–Crippen MR) is 76.4 cm³/mol. The van der Waals surface area contributed by atoms with Crippen molar-refractivity contribution in [3.8, 4) is 11.5 Å². The van der Waals surface area contributed by atoms with Crippen LogP contribution < -0.4 is 5.32 Å². The van der Waals surface area contributed by atoms with Gasteiger partial charge >= 0.3 is 0 Å². The average Bonchev–Trinajstić information content (AvgIpc) is 3.27. The Morgan fingerprint density at radius 3 is 2.81 bits per heavy atom. The zero-order chi connectivity index (χ0) is 14.2. The van der Waals surface area contributed by atoms with Gasteiger partial charge in [-0.2, -0.15) is 4.98 Å². The van der Waals surface area contributed by atoms with Gasteiger partial charge in [-0.05, 0) is 37.1 Å². The number of hydrogen-bond acceptors (Lipinski definition) is 5. The lowest BCUT2D eigenvalue weighted by Crippen LogP contribution is -2.15. The first-order chi connectivity index (χ1) is 10.3. The molecule has 0 saturated heterocycles. The number of nitrogens with zero attached hydrogens (tertiary/aromatic N) is 3. The number of carbonyl (C=O) groups excluding carboxylic acids is 1. The Balaban J connectivity index is 1.74. The summed E-state index contributed by atoms with van der Waals surface area (Å²) < 4.78 is 5.69. The Kier molecular flexibility index (Phi) is 2.67. The van der Waals surface area contributed by atoms with E-state index in [0.29, 0.717) is 28.5 Å². The molecule has 0 unspecified atom stereocenters. The molecule has 1 amide bonds. The van der Waals surface area contributed by atoms with E-state index < -0.39 is 0 Å². The molecular weight excluding hydrogens is 268 g/mol. The molecule has 0 aromatic carbocycles. The molecule has 4 rings (SSSR count). The third-order valence-electron chi connectivity index (χ3n) is 3.39. The number of rotatable bonds is 3. The standard InChI is InChI=1S/C15H12N4O2/c20-14(9-5-6-9)18-12-10(3-1-7-16-12)15-19-13-11(21-15)4-2-8-17-13/h1-4,7-9H,5-6H2,(H,16,18,20). The van der Waals surface area contributed by atoms with Crippen LogP contribution in [0.1, 0.15) is 12.8 Å². The van der Waals surface area contributed by atoms with Crippen molar-refractivity contribution in [1.82, 2.24) is 15.0 Å². The molecule has 21 heavy (non-hydrogen) atoms. The topological polar surface area (TPSA) is 80.9 Å². The molecule has 6 nitrogen and oxygen atoms in total. The largest absolute Gasteiger partial charge is 0.434 e. The maximum absolute atomic E-state index is 11.9. The summed E-state index contributed by atoms with van der Waals surface area (Å²) in [5.41, 5.74) is 1.80. The van der Waals surface area contributed by atoms with Gasteiger partial charge in [0.1, 0.15) is 5.82 Å². The van der Waals surface area contributed by atoms with Crippen LogP contribution in [0.15, 0.2) is 41.1 Å². The van der Waals surface area contributed by atoms with Gasteiger partial charge in [-0.15, -0.1) is 0 Å². The summed E-state index contributed by atoms with van der Waals surface area (Å²) in [7, 11) is 0. The first-order valence-corrected chi connectivity index (χ1v) is 6.79. The van der Waals surface area contributed by atoms with Gasteiger partial charge in [0.15, 0.2) is 11.2 Å². The Morgan fingerprint density at radius 2 is 2.00 bits per heavy atom. The molecule has 3 heterocycles. The summed E-state index contributed by atoms with van der Waals surface area (Å²) in [5, 5.41) is 2.84. The van der Waals surface area contributed by atoms with Gasteiger partial charge in [-0.1, -0.05) is 0 Å². The highest BCUT2D eigenvalue weighted by Crippen LogP contribution is 2.32. The molecular formula is C15H12N4O2. The third-order valence-corrected chi connectivity index (χ3v) is 3.39. The van der Waals surface area contributed by atoms with Gasteiger partial charge in [0.25, 0.3) is 0 Å². The van der Waals surface area contributed by atoms with Crippen LogP contribution in [0.25, 0.3) is 22.7 Å². The molecule has 0 atom stereocenters. The van der Waals surface area contributed by atoms with Gasteiger partial charge in [0, 0.05) is 18.3 Å². The fraction of sp³-hybridized carbons (Fsp3) is 0.200. The van der Waals surface area contributed by atoms with Crippen LogP contribution in [-0.2, 0) is 4.79 Å². The van der Waals surface area contributed by atoms with Crippen molar-refractivity contribution in [2.24, 2.45) is 5.92 Å². The lowest BCUT2D eigenvalue weighted by Gasteiger charge is -2.06. The van der Waals surface area contributed by atoms with Crippen molar-refractivity contribution in [3.63, 3.8) is 0 Å². The minimum absolute atomic E-state index is 0.00388. The highest BCUT2D eigenvalue weighted by molar-refractivity contribution is 5.96. The van der Waals surface area contributed by atoms with E-state index in [1.165, 1.54) is 0 Å². The number of anilines is 1.